The Kier molecular flexibility index (Phi) is 5.76. The van der Waals surface area contributed by atoms with E-state index in [4.69, 9.17) is 0 Å². The standard InChI is InChI=1S/C24H21F3N4O3/c1-13-21(14(2)31(29-13)19-6-4-5-17(12-19)24(25,26)27)22(33)23(34)28-18-7-8-20-16(11-18)9-10-30(20)15(3)32/h4-8,11-12H,9-10H2,1-3H3,(H,28,34). The van der Waals surface area contributed by atoms with Crippen LogP contribution in [0, 0.1) is 13.8 Å². The molecule has 7 nitrogen and oxygen atoms in total. The predicted molar refractivity (Wildman–Crippen MR) is 119 cm³/mol. The molecule has 1 N–H and O–H groups in total. The number of benzene rings is 2. The van der Waals surface area contributed by atoms with Gasteiger partial charge in [-0.3, -0.25) is 14.4 Å². The van der Waals surface area contributed by atoms with Gasteiger partial charge in [-0.2, -0.15) is 18.3 Å². The van der Waals surface area contributed by atoms with Crippen LogP contribution >= 0.6 is 0 Å². The normalized spacial score (nSPS) is 13.1. The van der Waals surface area contributed by atoms with Gasteiger partial charge in [-0.1, -0.05) is 6.07 Å². The average Bonchev–Trinajstić information content (AvgIpc) is 3.33. The van der Waals surface area contributed by atoms with Gasteiger partial charge in [-0.05, 0) is 62.2 Å². The molecule has 10 heteroatoms. The molecule has 1 aliphatic rings. The van der Waals surface area contributed by atoms with E-state index in [0.29, 0.717) is 18.7 Å². The lowest BCUT2D eigenvalue weighted by atomic mass is 10.1. The number of nitrogens with one attached hydrogen (secondary N) is 1. The lowest BCUT2D eigenvalue weighted by molar-refractivity contribution is -0.137. The summed E-state index contributed by atoms with van der Waals surface area (Å²) in [6, 6.07) is 9.61. The number of aromatic nitrogens is 2. The van der Waals surface area contributed by atoms with Gasteiger partial charge < -0.3 is 10.2 Å². The van der Waals surface area contributed by atoms with E-state index in [1.54, 1.807) is 23.1 Å². The molecule has 2 aromatic carbocycles. The summed E-state index contributed by atoms with van der Waals surface area (Å²) in [5, 5.41) is 6.77. The van der Waals surface area contributed by atoms with Crippen molar-refractivity contribution in [3.8, 4) is 5.69 Å². The molecule has 0 radical (unpaired) electrons. The monoisotopic (exact) mass is 470 g/mol. The molecule has 0 saturated carbocycles. The SMILES string of the molecule is CC(=O)N1CCc2cc(NC(=O)C(=O)c3c(C)nn(-c4cccc(C(F)(F)F)c4)c3C)ccc21. The summed E-state index contributed by atoms with van der Waals surface area (Å²) < 4.78 is 40.5. The number of ketones is 1. The van der Waals surface area contributed by atoms with E-state index in [1.165, 1.54) is 37.6 Å². The van der Waals surface area contributed by atoms with Crippen LogP contribution in [0.2, 0.25) is 0 Å². The van der Waals surface area contributed by atoms with Crippen molar-refractivity contribution in [3.63, 3.8) is 0 Å². The molecule has 176 valence electrons. The van der Waals surface area contributed by atoms with Crippen LogP contribution in [0.5, 0.6) is 0 Å². The molecule has 4 rings (SSSR count). The van der Waals surface area contributed by atoms with E-state index < -0.39 is 23.4 Å². The minimum absolute atomic E-state index is 0.0267. The number of anilines is 2. The summed E-state index contributed by atoms with van der Waals surface area (Å²) in [5.74, 6) is -1.82. The smallest absolute Gasteiger partial charge is 0.319 e. The zero-order valence-electron chi connectivity index (χ0n) is 18.7. The minimum atomic E-state index is -4.53. The van der Waals surface area contributed by atoms with Gasteiger partial charge in [0.25, 0.3) is 11.7 Å². The fourth-order valence-electron chi connectivity index (χ4n) is 4.14. The molecule has 0 atom stereocenters. The van der Waals surface area contributed by atoms with Crippen molar-refractivity contribution in [3.05, 3.63) is 70.5 Å². The number of fused-ring (bicyclic) bond motifs is 1. The van der Waals surface area contributed by atoms with Gasteiger partial charge in [0.05, 0.1) is 28.2 Å². The number of hydrogen-bond donors (Lipinski definition) is 1. The first kappa shape index (κ1) is 23.2. The summed E-state index contributed by atoms with van der Waals surface area (Å²) in [5.41, 5.74) is 1.84. The van der Waals surface area contributed by atoms with Crippen molar-refractivity contribution in [2.75, 3.05) is 16.8 Å². The molecular formula is C24H21F3N4O3. The molecule has 0 aliphatic carbocycles. The van der Waals surface area contributed by atoms with Crippen LogP contribution in [0.1, 0.15) is 39.8 Å². The fraction of sp³-hybridized carbons (Fsp3) is 0.250. The van der Waals surface area contributed by atoms with Gasteiger partial charge in [0.2, 0.25) is 5.91 Å². The van der Waals surface area contributed by atoms with Gasteiger partial charge in [-0.15, -0.1) is 0 Å². The molecule has 2 heterocycles. The van der Waals surface area contributed by atoms with E-state index in [1.807, 2.05) is 0 Å². The summed E-state index contributed by atoms with van der Waals surface area (Å²) >= 11 is 0. The Morgan fingerprint density at radius 2 is 1.79 bits per heavy atom. The Morgan fingerprint density at radius 3 is 2.47 bits per heavy atom. The number of aryl methyl sites for hydroxylation is 1. The Balaban J connectivity index is 1.58. The zero-order valence-corrected chi connectivity index (χ0v) is 18.7. The number of carbonyl (C=O) groups is 3. The van der Waals surface area contributed by atoms with E-state index in [9.17, 15) is 27.6 Å². The number of Topliss-reactive ketones (excluding diaryl/α,β-unsaturated/α-hetero) is 1. The second-order valence-electron chi connectivity index (χ2n) is 8.05. The van der Waals surface area contributed by atoms with Gasteiger partial charge in [0.1, 0.15) is 0 Å². The minimum Gasteiger partial charge on any atom is -0.319 e. The molecule has 1 aromatic heterocycles. The molecule has 0 fully saturated rings. The molecule has 0 bridgehead atoms. The first-order valence-electron chi connectivity index (χ1n) is 10.5. The number of carbonyl (C=O) groups excluding carboxylic acids is 3. The first-order chi connectivity index (χ1) is 16.0. The predicted octanol–water partition coefficient (Wildman–Crippen LogP) is 4.24. The maximum atomic E-state index is 13.1. The lowest BCUT2D eigenvalue weighted by Gasteiger charge is -2.15. The summed E-state index contributed by atoms with van der Waals surface area (Å²) in [7, 11) is 0. The summed E-state index contributed by atoms with van der Waals surface area (Å²) in [4.78, 5) is 39.0. The molecule has 1 aliphatic heterocycles. The second kappa shape index (κ2) is 8.44. The van der Waals surface area contributed by atoms with Gasteiger partial charge in [-0.25, -0.2) is 4.68 Å². The van der Waals surface area contributed by atoms with Crippen molar-refractivity contribution in [2.45, 2.75) is 33.4 Å². The lowest BCUT2D eigenvalue weighted by Crippen LogP contribution is -2.25. The third-order valence-electron chi connectivity index (χ3n) is 5.76. The highest BCUT2D eigenvalue weighted by Crippen LogP contribution is 2.32. The molecule has 3 aromatic rings. The number of amides is 2. The van der Waals surface area contributed by atoms with E-state index >= 15 is 0 Å². The van der Waals surface area contributed by atoms with Gasteiger partial charge in [0.15, 0.2) is 0 Å². The van der Waals surface area contributed by atoms with Crippen LogP contribution in [0.25, 0.3) is 5.69 Å². The molecule has 0 spiro atoms. The third kappa shape index (κ3) is 4.18. The Labute approximate surface area is 193 Å². The van der Waals surface area contributed by atoms with E-state index in [2.05, 4.69) is 10.4 Å². The average molecular weight is 470 g/mol. The topological polar surface area (TPSA) is 84.3 Å². The molecule has 0 saturated heterocycles. The first-order valence-corrected chi connectivity index (χ1v) is 10.5. The van der Waals surface area contributed by atoms with Crippen LogP contribution in [0.15, 0.2) is 42.5 Å². The third-order valence-corrected chi connectivity index (χ3v) is 5.76. The maximum Gasteiger partial charge on any atom is 0.416 e. The van der Waals surface area contributed by atoms with Crippen LogP contribution in [-0.2, 0) is 22.2 Å². The van der Waals surface area contributed by atoms with Crippen LogP contribution in [0.3, 0.4) is 0 Å². The van der Waals surface area contributed by atoms with Gasteiger partial charge >= 0.3 is 6.18 Å². The number of hydrogen-bond acceptors (Lipinski definition) is 4. The number of halogens is 3. The number of alkyl halides is 3. The van der Waals surface area contributed by atoms with Crippen molar-refractivity contribution < 1.29 is 27.6 Å². The summed E-state index contributed by atoms with van der Waals surface area (Å²) in [6.45, 7) is 5.07. The van der Waals surface area contributed by atoms with E-state index in [0.717, 1.165) is 23.4 Å². The van der Waals surface area contributed by atoms with Gasteiger partial charge in [0, 0.05) is 24.8 Å². The Morgan fingerprint density at radius 1 is 1.06 bits per heavy atom. The fourth-order valence-corrected chi connectivity index (χ4v) is 4.14. The Hall–Kier alpha value is -3.95. The summed E-state index contributed by atoms with van der Waals surface area (Å²) in [6.07, 6.45) is -3.89. The second-order valence-corrected chi connectivity index (χ2v) is 8.05. The maximum absolute atomic E-state index is 13.1. The molecule has 2 amide bonds. The number of nitrogens with zero attached hydrogens (tertiary/aromatic N) is 3. The van der Waals surface area contributed by atoms with Crippen molar-refractivity contribution >= 4 is 29.0 Å². The van der Waals surface area contributed by atoms with Crippen LogP contribution in [0.4, 0.5) is 24.5 Å². The highest BCUT2D eigenvalue weighted by molar-refractivity contribution is 6.47. The van der Waals surface area contributed by atoms with Crippen molar-refractivity contribution in [2.24, 2.45) is 0 Å². The van der Waals surface area contributed by atoms with Crippen molar-refractivity contribution in [1.29, 1.82) is 0 Å². The van der Waals surface area contributed by atoms with Crippen LogP contribution in [-0.4, -0.2) is 33.9 Å². The molecule has 0 unspecified atom stereocenters. The highest BCUT2D eigenvalue weighted by atomic mass is 19.4. The number of rotatable bonds is 4. The Bertz CT molecular complexity index is 1330. The van der Waals surface area contributed by atoms with E-state index in [-0.39, 0.29) is 28.5 Å². The van der Waals surface area contributed by atoms with Crippen molar-refractivity contribution in [1.82, 2.24) is 9.78 Å². The quantitative estimate of drug-likeness (QED) is 0.457. The van der Waals surface area contributed by atoms with Crippen LogP contribution < -0.4 is 10.2 Å². The largest absolute Gasteiger partial charge is 0.416 e. The zero-order chi connectivity index (χ0) is 24.8. The highest BCUT2D eigenvalue weighted by Gasteiger charge is 2.31. The molecular weight excluding hydrogens is 449 g/mol. The molecule has 34 heavy (non-hydrogen) atoms.